The monoisotopic (exact) mass is 176 g/mol. The Bertz CT molecular complexity index is 95.8. The van der Waals surface area contributed by atoms with Crippen molar-refractivity contribution in [2.75, 3.05) is 13.7 Å². The summed E-state index contributed by atoms with van der Waals surface area (Å²) in [7, 11) is 1.61. The van der Waals surface area contributed by atoms with Crippen LogP contribution in [-0.4, -0.2) is 26.3 Å². The summed E-state index contributed by atoms with van der Waals surface area (Å²) in [4.78, 5) is 0. The summed E-state index contributed by atoms with van der Waals surface area (Å²) in [5, 5.41) is 0. The van der Waals surface area contributed by atoms with Crippen LogP contribution in [0.1, 0.15) is 33.6 Å². The zero-order chi connectivity index (χ0) is 9.40. The number of hydrogen-bond donors (Lipinski definition) is 0. The van der Waals surface area contributed by atoms with Gasteiger partial charge >= 0.3 is 0 Å². The molecular formula is C9H20O3. The molecule has 0 aliphatic rings. The van der Waals surface area contributed by atoms with E-state index < -0.39 is 0 Å². The maximum Gasteiger partial charge on any atom is 0.157 e. The number of ether oxygens (including phenoxy) is 3. The number of hydrogen-bond acceptors (Lipinski definition) is 3. The third-order valence-electron chi connectivity index (χ3n) is 1.57. The molecule has 0 saturated heterocycles. The van der Waals surface area contributed by atoms with Crippen LogP contribution in [0.4, 0.5) is 0 Å². The van der Waals surface area contributed by atoms with Crippen molar-refractivity contribution in [2.24, 2.45) is 0 Å². The van der Waals surface area contributed by atoms with Crippen molar-refractivity contribution in [2.45, 2.75) is 46.2 Å². The minimum atomic E-state index is -0.193. The highest BCUT2D eigenvalue weighted by Gasteiger charge is 2.06. The van der Waals surface area contributed by atoms with E-state index in [-0.39, 0.29) is 12.6 Å². The van der Waals surface area contributed by atoms with Crippen LogP contribution in [0.15, 0.2) is 0 Å². The Labute approximate surface area is 75.0 Å². The van der Waals surface area contributed by atoms with Gasteiger partial charge in [0.05, 0.1) is 0 Å². The van der Waals surface area contributed by atoms with Gasteiger partial charge in [-0.05, 0) is 20.3 Å². The molecule has 0 aromatic carbocycles. The third kappa shape index (κ3) is 6.58. The van der Waals surface area contributed by atoms with Gasteiger partial charge in [0.15, 0.2) is 12.6 Å². The van der Waals surface area contributed by atoms with Gasteiger partial charge in [-0.15, -0.1) is 0 Å². The molecule has 0 rings (SSSR count). The molecule has 2 atom stereocenters. The summed E-state index contributed by atoms with van der Waals surface area (Å²) in [5.41, 5.74) is 0. The van der Waals surface area contributed by atoms with E-state index in [0.717, 1.165) is 19.4 Å². The first-order valence-electron chi connectivity index (χ1n) is 4.50. The Morgan fingerprint density at radius 2 is 1.83 bits per heavy atom. The fraction of sp³-hybridized carbons (Fsp3) is 1.00. The Kier molecular flexibility index (Phi) is 7.45. The van der Waals surface area contributed by atoms with E-state index in [4.69, 9.17) is 14.2 Å². The van der Waals surface area contributed by atoms with E-state index >= 15 is 0 Å². The summed E-state index contributed by atoms with van der Waals surface area (Å²) in [6, 6.07) is 0. The van der Waals surface area contributed by atoms with Gasteiger partial charge < -0.3 is 14.2 Å². The second-order valence-corrected chi connectivity index (χ2v) is 2.73. The molecule has 0 aromatic heterocycles. The highest BCUT2D eigenvalue weighted by atomic mass is 16.8. The minimum Gasteiger partial charge on any atom is -0.356 e. The van der Waals surface area contributed by atoms with E-state index in [1.165, 1.54) is 0 Å². The van der Waals surface area contributed by atoms with Crippen molar-refractivity contribution in [1.82, 2.24) is 0 Å². The molecule has 0 N–H and O–H groups in total. The van der Waals surface area contributed by atoms with Crippen LogP contribution in [0.25, 0.3) is 0 Å². The van der Waals surface area contributed by atoms with Gasteiger partial charge in [0.2, 0.25) is 0 Å². The lowest BCUT2D eigenvalue weighted by atomic mass is 10.4. The molecule has 0 aliphatic carbocycles. The molecule has 2 unspecified atom stereocenters. The van der Waals surface area contributed by atoms with Crippen LogP contribution >= 0.6 is 0 Å². The summed E-state index contributed by atoms with van der Waals surface area (Å²) in [6.07, 6.45) is 1.86. The van der Waals surface area contributed by atoms with Gasteiger partial charge in [-0.1, -0.05) is 13.3 Å². The van der Waals surface area contributed by atoms with Crippen molar-refractivity contribution < 1.29 is 14.2 Å². The molecule has 0 aromatic rings. The molecule has 0 radical (unpaired) electrons. The Morgan fingerprint density at radius 1 is 1.17 bits per heavy atom. The fourth-order valence-corrected chi connectivity index (χ4v) is 0.758. The second kappa shape index (κ2) is 7.53. The van der Waals surface area contributed by atoms with E-state index in [1.807, 2.05) is 13.8 Å². The number of unbranched alkanes of at least 4 members (excludes halogenated alkanes) is 1. The van der Waals surface area contributed by atoms with Crippen molar-refractivity contribution in [3.05, 3.63) is 0 Å². The molecule has 0 bridgehead atoms. The second-order valence-electron chi connectivity index (χ2n) is 2.73. The molecular weight excluding hydrogens is 156 g/mol. The Morgan fingerprint density at radius 3 is 2.33 bits per heavy atom. The normalized spacial score (nSPS) is 16.0. The zero-order valence-corrected chi connectivity index (χ0v) is 8.50. The summed E-state index contributed by atoms with van der Waals surface area (Å²) >= 11 is 0. The minimum absolute atomic E-state index is 0.175. The Hall–Kier alpha value is -0.120. The highest BCUT2D eigenvalue weighted by Crippen LogP contribution is 2.01. The molecule has 3 heteroatoms. The first-order chi connectivity index (χ1) is 5.70. The van der Waals surface area contributed by atoms with Crippen LogP contribution in [-0.2, 0) is 14.2 Å². The third-order valence-corrected chi connectivity index (χ3v) is 1.57. The van der Waals surface area contributed by atoms with Gasteiger partial charge in [-0.2, -0.15) is 0 Å². The summed E-state index contributed by atoms with van der Waals surface area (Å²) in [6.45, 7) is 6.62. The lowest BCUT2D eigenvalue weighted by Gasteiger charge is -2.17. The maximum absolute atomic E-state index is 5.35. The molecule has 0 aliphatic heterocycles. The van der Waals surface area contributed by atoms with Crippen LogP contribution in [0.5, 0.6) is 0 Å². The molecule has 0 spiro atoms. The molecule has 0 saturated carbocycles. The van der Waals surface area contributed by atoms with Crippen molar-refractivity contribution in [3.63, 3.8) is 0 Å². The van der Waals surface area contributed by atoms with Crippen molar-refractivity contribution >= 4 is 0 Å². The molecule has 3 nitrogen and oxygen atoms in total. The topological polar surface area (TPSA) is 27.7 Å². The first-order valence-corrected chi connectivity index (χ1v) is 4.50. The first kappa shape index (κ1) is 11.9. The average Bonchev–Trinajstić information content (AvgIpc) is 2.05. The van der Waals surface area contributed by atoms with Crippen molar-refractivity contribution in [1.29, 1.82) is 0 Å². The standard InChI is InChI=1S/C9H20O3/c1-5-6-7-11-9(3)12-8(2)10-4/h8-9H,5-7H2,1-4H3. The quantitative estimate of drug-likeness (QED) is 0.439. The van der Waals surface area contributed by atoms with Gasteiger partial charge in [-0.25, -0.2) is 0 Å². The van der Waals surface area contributed by atoms with Crippen molar-refractivity contribution in [3.8, 4) is 0 Å². The van der Waals surface area contributed by atoms with E-state index in [0.29, 0.717) is 0 Å². The SMILES string of the molecule is CCCCOC(C)OC(C)OC. The lowest BCUT2D eigenvalue weighted by Crippen LogP contribution is -2.21. The van der Waals surface area contributed by atoms with E-state index in [9.17, 15) is 0 Å². The average molecular weight is 176 g/mol. The number of methoxy groups -OCH3 is 1. The van der Waals surface area contributed by atoms with Crippen LogP contribution < -0.4 is 0 Å². The molecule has 0 fully saturated rings. The van der Waals surface area contributed by atoms with E-state index in [1.54, 1.807) is 7.11 Å². The largest absolute Gasteiger partial charge is 0.356 e. The van der Waals surface area contributed by atoms with E-state index in [2.05, 4.69) is 6.92 Å². The molecule has 74 valence electrons. The van der Waals surface area contributed by atoms with Gasteiger partial charge in [-0.3, -0.25) is 0 Å². The van der Waals surface area contributed by atoms with Gasteiger partial charge in [0.1, 0.15) is 0 Å². The molecule has 0 heterocycles. The van der Waals surface area contributed by atoms with Gasteiger partial charge in [0.25, 0.3) is 0 Å². The Balaban J connectivity index is 3.26. The summed E-state index contributed by atoms with van der Waals surface area (Å²) in [5.74, 6) is 0. The fourth-order valence-electron chi connectivity index (χ4n) is 0.758. The maximum atomic E-state index is 5.35. The zero-order valence-electron chi connectivity index (χ0n) is 8.50. The predicted molar refractivity (Wildman–Crippen MR) is 47.9 cm³/mol. The van der Waals surface area contributed by atoms with Crippen LogP contribution in [0, 0.1) is 0 Å². The van der Waals surface area contributed by atoms with Crippen LogP contribution in [0.2, 0.25) is 0 Å². The smallest absolute Gasteiger partial charge is 0.157 e. The summed E-state index contributed by atoms with van der Waals surface area (Å²) < 4.78 is 15.6. The van der Waals surface area contributed by atoms with Gasteiger partial charge in [0, 0.05) is 13.7 Å². The van der Waals surface area contributed by atoms with Crippen LogP contribution in [0.3, 0.4) is 0 Å². The molecule has 12 heavy (non-hydrogen) atoms. The molecule has 0 amide bonds. The highest BCUT2D eigenvalue weighted by molar-refractivity contribution is 4.36. The predicted octanol–water partition coefficient (Wildman–Crippen LogP) is 2.16. The number of rotatable bonds is 7. The lowest BCUT2D eigenvalue weighted by molar-refractivity contribution is -0.223.